The molecule has 1 rings (SSSR count). The molecule has 0 radical (unpaired) electrons. The standard InChI is InChI=1S/C13H22N2S/c1-3-7-15(8-9-16-2)11-12-5-4-6-13(14)10-12/h4-6,10H,3,7-9,11,14H2,1-2H3. The van der Waals surface area contributed by atoms with Crippen LogP contribution in [0.5, 0.6) is 0 Å². The Morgan fingerprint density at radius 2 is 2.12 bits per heavy atom. The second-order valence-corrected chi connectivity index (χ2v) is 5.00. The summed E-state index contributed by atoms with van der Waals surface area (Å²) in [6, 6.07) is 8.19. The summed E-state index contributed by atoms with van der Waals surface area (Å²) in [4.78, 5) is 2.49. The van der Waals surface area contributed by atoms with Crippen molar-refractivity contribution in [3.05, 3.63) is 29.8 Å². The maximum Gasteiger partial charge on any atom is 0.0317 e. The lowest BCUT2D eigenvalue weighted by atomic mass is 10.2. The second kappa shape index (κ2) is 7.58. The largest absolute Gasteiger partial charge is 0.399 e. The fraction of sp³-hybridized carbons (Fsp3) is 0.538. The minimum Gasteiger partial charge on any atom is -0.399 e. The molecule has 0 aliphatic heterocycles. The Balaban J connectivity index is 2.52. The molecule has 2 nitrogen and oxygen atoms in total. The second-order valence-electron chi connectivity index (χ2n) is 4.01. The van der Waals surface area contributed by atoms with Crippen LogP contribution >= 0.6 is 11.8 Å². The first kappa shape index (κ1) is 13.4. The van der Waals surface area contributed by atoms with Gasteiger partial charge in [0.2, 0.25) is 0 Å². The van der Waals surface area contributed by atoms with E-state index in [0.29, 0.717) is 0 Å². The first-order valence-electron chi connectivity index (χ1n) is 5.82. The predicted molar refractivity (Wildman–Crippen MR) is 74.8 cm³/mol. The average Bonchev–Trinajstić information content (AvgIpc) is 2.26. The van der Waals surface area contributed by atoms with Crippen LogP contribution in [0, 0.1) is 0 Å². The highest BCUT2D eigenvalue weighted by molar-refractivity contribution is 7.98. The number of nitrogens with two attached hydrogens (primary N) is 1. The van der Waals surface area contributed by atoms with E-state index in [4.69, 9.17) is 5.73 Å². The van der Waals surface area contributed by atoms with E-state index in [2.05, 4.69) is 30.2 Å². The quantitative estimate of drug-likeness (QED) is 0.741. The maximum absolute atomic E-state index is 5.79. The highest BCUT2D eigenvalue weighted by Crippen LogP contribution is 2.10. The van der Waals surface area contributed by atoms with Crippen molar-refractivity contribution < 1.29 is 0 Å². The SMILES string of the molecule is CCCN(CCSC)Cc1cccc(N)c1. The first-order chi connectivity index (χ1) is 7.76. The number of anilines is 1. The number of benzene rings is 1. The average molecular weight is 238 g/mol. The molecule has 1 aromatic carbocycles. The van der Waals surface area contributed by atoms with Gasteiger partial charge in [0.25, 0.3) is 0 Å². The van der Waals surface area contributed by atoms with Gasteiger partial charge in [-0.25, -0.2) is 0 Å². The maximum atomic E-state index is 5.79. The minimum atomic E-state index is 0.860. The van der Waals surface area contributed by atoms with Gasteiger partial charge in [-0.1, -0.05) is 19.1 Å². The van der Waals surface area contributed by atoms with Gasteiger partial charge in [-0.15, -0.1) is 0 Å². The minimum absolute atomic E-state index is 0.860. The van der Waals surface area contributed by atoms with Gasteiger partial charge in [-0.3, -0.25) is 4.90 Å². The summed E-state index contributed by atoms with van der Waals surface area (Å²) in [7, 11) is 0. The van der Waals surface area contributed by atoms with Gasteiger partial charge in [-0.2, -0.15) is 11.8 Å². The predicted octanol–water partition coefficient (Wildman–Crippen LogP) is 2.84. The Morgan fingerprint density at radius 3 is 2.75 bits per heavy atom. The summed E-state index contributed by atoms with van der Waals surface area (Å²) >= 11 is 1.90. The van der Waals surface area contributed by atoms with Gasteiger partial charge in [0, 0.05) is 24.5 Å². The van der Waals surface area contributed by atoms with Crippen LogP contribution in [0.4, 0.5) is 5.69 Å². The molecule has 0 spiro atoms. The van der Waals surface area contributed by atoms with Gasteiger partial charge < -0.3 is 5.73 Å². The zero-order chi connectivity index (χ0) is 11.8. The van der Waals surface area contributed by atoms with E-state index in [1.807, 2.05) is 23.9 Å². The van der Waals surface area contributed by atoms with Crippen LogP contribution in [0.1, 0.15) is 18.9 Å². The van der Waals surface area contributed by atoms with Gasteiger partial charge in [0.05, 0.1) is 0 Å². The number of hydrogen-bond acceptors (Lipinski definition) is 3. The van der Waals surface area contributed by atoms with Crippen molar-refractivity contribution in [1.82, 2.24) is 4.90 Å². The van der Waals surface area contributed by atoms with Crippen LogP contribution in [-0.4, -0.2) is 30.0 Å². The zero-order valence-electron chi connectivity index (χ0n) is 10.3. The molecule has 0 aromatic heterocycles. The lowest BCUT2D eigenvalue weighted by Gasteiger charge is -2.21. The third kappa shape index (κ3) is 4.90. The molecule has 3 heteroatoms. The van der Waals surface area contributed by atoms with E-state index in [0.717, 1.165) is 25.3 Å². The van der Waals surface area contributed by atoms with Crippen LogP contribution < -0.4 is 5.73 Å². The first-order valence-corrected chi connectivity index (χ1v) is 7.21. The van der Waals surface area contributed by atoms with E-state index in [1.54, 1.807) is 0 Å². The normalized spacial score (nSPS) is 10.9. The number of rotatable bonds is 7. The summed E-state index contributed by atoms with van der Waals surface area (Å²) < 4.78 is 0. The molecule has 0 fully saturated rings. The molecule has 2 N–H and O–H groups in total. The van der Waals surface area contributed by atoms with Crippen LogP contribution in [0.2, 0.25) is 0 Å². The number of thioether (sulfide) groups is 1. The van der Waals surface area contributed by atoms with E-state index in [-0.39, 0.29) is 0 Å². The molecule has 0 amide bonds. The third-order valence-electron chi connectivity index (χ3n) is 2.51. The van der Waals surface area contributed by atoms with Crippen molar-refractivity contribution in [2.45, 2.75) is 19.9 Å². The molecular formula is C13H22N2S. The molecule has 0 saturated carbocycles. The molecule has 0 atom stereocenters. The van der Waals surface area contributed by atoms with Crippen molar-refractivity contribution in [3.8, 4) is 0 Å². The molecule has 0 saturated heterocycles. The summed E-state index contributed by atoms with van der Waals surface area (Å²) in [5.74, 6) is 1.20. The summed E-state index contributed by atoms with van der Waals surface area (Å²) in [6.45, 7) is 5.56. The Morgan fingerprint density at radius 1 is 1.31 bits per heavy atom. The van der Waals surface area contributed by atoms with E-state index >= 15 is 0 Å². The van der Waals surface area contributed by atoms with Crippen LogP contribution in [0.15, 0.2) is 24.3 Å². The van der Waals surface area contributed by atoms with Gasteiger partial charge in [0.1, 0.15) is 0 Å². The zero-order valence-corrected chi connectivity index (χ0v) is 11.1. The Hall–Kier alpha value is -0.670. The lowest BCUT2D eigenvalue weighted by molar-refractivity contribution is 0.283. The fourth-order valence-electron chi connectivity index (χ4n) is 1.76. The topological polar surface area (TPSA) is 29.3 Å². The van der Waals surface area contributed by atoms with Gasteiger partial charge >= 0.3 is 0 Å². The van der Waals surface area contributed by atoms with Crippen molar-refractivity contribution in [3.63, 3.8) is 0 Å². The summed E-state index contributed by atoms with van der Waals surface area (Å²) in [5.41, 5.74) is 7.96. The molecule has 90 valence electrons. The molecule has 16 heavy (non-hydrogen) atoms. The summed E-state index contributed by atoms with van der Waals surface area (Å²) in [5, 5.41) is 0. The molecule has 0 aliphatic carbocycles. The van der Waals surface area contributed by atoms with Crippen LogP contribution in [0.25, 0.3) is 0 Å². The number of hydrogen-bond donors (Lipinski definition) is 1. The van der Waals surface area contributed by atoms with Crippen molar-refractivity contribution >= 4 is 17.4 Å². The summed E-state index contributed by atoms with van der Waals surface area (Å²) in [6.07, 6.45) is 3.36. The molecular weight excluding hydrogens is 216 g/mol. The van der Waals surface area contributed by atoms with Crippen molar-refractivity contribution in [1.29, 1.82) is 0 Å². The van der Waals surface area contributed by atoms with E-state index in [9.17, 15) is 0 Å². The van der Waals surface area contributed by atoms with Gasteiger partial charge in [0.15, 0.2) is 0 Å². The molecule has 0 bridgehead atoms. The van der Waals surface area contributed by atoms with Gasteiger partial charge in [-0.05, 0) is 36.9 Å². The number of nitrogen functional groups attached to an aromatic ring is 1. The fourth-order valence-corrected chi connectivity index (χ4v) is 2.20. The van der Waals surface area contributed by atoms with Crippen LogP contribution in [0.3, 0.4) is 0 Å². The van der Waals surface area contributed by atoms with Crippen LogP contribution in [-0.2, 0) is 6.54 Å². The van der Waals surface area contributed by atoms with E-state index in [1.165, 1.54) is 17.7 Å². The Labute approximate surface area is 103 Å². The molecule has 0 aliphatic rings. The molecule has 0 heterocycles. The highest BCUT2D eigenvalue weighted by Gasteiger charge is 2.04. The molecule has 0 unspecified atom stereocenters. The Kier molecular flexibility index (Phi) is 6.34. The Bertz CT molecular complexity index is 302. The van der Waals surface area contributed by atoms with E-state index < -0.39 is 0 Å². The monoisotopic (exact) mass is 238 g/mol. The van der Waals surface area contributed by atoms with Crippen molar-refractivity contribution in [2.24, 2.45) is 0 Å². The highest BCUT2D eigenvalue weighted by atomic mass is 32.2. The van der Waals surface area contributed by atoms with Crippen molar-refractivity contribution in [2.75, 3.05) is 30.8 Å². The smallest absolute Gasteiger partial charge is 0.0317 e. The lowest BCUT2D eigenvalue weighted by Crippen LogP contribution is -2.26. The molecule has 1 aromatic rings. The number of nitrogens with zero attached hydrogens (tertiary/aromatic N) is 1. The third-order valence-corrected chi connectivity index (χ3v) is 3.10.